The van der Waals surface area contributed by atoms with Gasteiger partial charge in [0.25, 0.3) is 0 Å². The predicted octanol–water partition coefficient (Wildman–Crippen LogP) is 2.39. The molecule has 2 aromatic rings. The zero-order valence-corrected chi connectivity index (χ0v) is 13.4. The molecule has 0 saturated carbocycles. The quantitative estimate of drug-likeness (QED) is 0.845. The second-order valence-corrected chi connectivity index (χ2v) is 7.13. The molecule has 2 aromatic carbocycles. The van der Waals surface area contributed by atoms with Gasteiger partial charge in [-0.3, -0.25) is 0 Å². The number of nitrogens with zero attached hydrogens (tertiary/aromatic N) is 3. The van der Waals surface area contributed by atoms with E-state index in [0.717, 1.165) is 0 Å². The molecule has 0 N–H and O–H groups in total. The third kappa shape index (κ3) is 3.95. The van der Waals surface area contributed by atoms with E-state index in [0.29, 0.717) is 22.3 Å². The van der Waals surface area contributed by atoms with Crippen LogP contribution in [-0.4, -0.2) is 19.8 Å². The molecule has 0 radical (unpaired) electrons. The van der Waals surface area contributed by atoms with Gasteiger partial charge in [0.1, 0.15) is 0 Å². The number of hydrogen-bond donors (Lipinski definition) is 0. The second kappa shape index (κ2) is 7.06. The van der Waals surface area contributed by atoms with Crippen molar-refractivity contribution in [2.24, 2.45) is 0 Å². The molecule has 0 aliphatic heterocycles. The van der Waals surface area contributed by atoms with Crippen molar-refractivity contribution in [3.8, 4) is 12.1 Å². The number of rotatable bonds is 5. The average molecular weight is 325 g/mol. The second-order valence-electron chi connectivity index (χ2n) is 5.05. The first kappa shape index (κ1) is 16.7. The fourth-order valence-corrected chi connectivity index (χ4v) is 3.37. The van der Waals surface area contributed by atoms with E-state index < -0.39 is 10.0 Å². The maximum Gasteiger partial charge on any atom is 0.218 e. The van der Waals surface area contributed by atoms with Gasteiger partial charge in [-0.2, -0.15) is 10.5 Å². The first-order chi connectivity index (χ1) is 11.0. The number of sulfonamides is 1. The highest BCUT2D eigenvalue weighted by Gasteiger charge is 2.21. The maximum atomic E-state index is 12.5. The molecule has 0 amide bonds. The van der Waals surface area contributed by atoms with Crippen LogP contribution in [0.2, 0.25) is 0 Å². The Bertz CT molecular complexity index is 893. The van der Waals surface area contributed by atoms with Crippen molar-refractivity contribution in [2.45, 2.75) is 12.3 Å². The molecule has 0 atom stereocenters. The minimum atomic E-state index is -3.60. The highest BCUT2D eigenvalue weighted by molar-refractivity contribution is 7.88. The van der Waals surface area contributed by atoms with Crippen LogP contribution in [0.3, 0.4) is 0 Å². The van der Waals surface area contributed by atoms with Crippen LogP contribution in [0.25, 0.3) is 0 Å². The van der Waals surface area contributed by atoms with Gasteiger partial charge in [0.2, 0.25) is 10.0 Å². The van der Waals surface area contributed by atoms with Gasteiger partial charge < -0.3 is 0 Å². The standard InChI is InChI=1S/C17H15N3O2S/c1-20(12-16-8-4-2-6-14(16)10-18)23(21,22)13-17-9-5-3-7-15(17)11-19/h2-9H,12-13H2,1H3. The van der Waals surface area contributed by atoms with Crippen LogP contribution in [0, 0.1) is 22.7 Å². The largest absolute Gasteiger partial charge is 0.218 e. The van der Waals surface area contributed by atoms with Crippen LogP contribution in [0.4, 0.5) is 0 Å². The normalized spacial score (nSPS) is 11.0. The summed E-state index contributed by atoms with van der Waals surface area (Å²) in [6, 6.07) is 17.6. The zero-order chi connectivity index (χ0) is 16.9. The Hall–Kier alpha value is -2.67. The van der Waals surface area contributed by atoms with Crippen LogP contribution in [-0.2, 0) is 22.3 Å². The van der Waals surface area contributed by atoms with Crippen LogP contribution in [0.5, 0.6) is 0 Å². The van der Waals surface area contributed by atoms with Crippen molar-refractivity contribution >= 4 is 10.0 Å². The SMILES string of the molecule is CN(Cc1ccccc1C#N)S(=O)(=O)Cc1ccccc1C#N. The van der Waals surface area contributed by atoms with Crippen molar-refractivity contribution in [1.29, 1.82) is 10.5 Å². The first-order valence-electron chi connectivity index (χ1n) is 6.88. The van der Waals surface area contributed by atoms with Gasteiger partial charge in [-0.25, -0.2) is 12.7 Å². The smallest absolute Gasteiger partial charge is 0.212 e. The summed E-state index contributed by atoms with van der Waals surface area (Å²) < 4.78 is 26.2. The highest BCUT2D eigenvalue weighted by atomic mass is 32.2. The molecular formula is C17H15N3O2S. The maximum absolute atomic E-state index is 12.5. The van der Waals surface area contributed by atoms with Crippen LogP contribution in [0.15, 0.2) is 48.5 Å². The van der Waals surface area contributed by atoms with E-state index in [1.165, 1.54) is 11.4 Å². The van der Waals surface area contributed by atoms with Gasteiger partial charge in [-0.15, -0.1) is 0 Å². The summed E-state index contributed by atoms with van der Waals surface area (Å²) in [5.41, 5.74) is 1.92. The van der Waals surface area contributed by atoms with Gasteiger partial charge in [-0.1, -0.05) is 36.4 Å². The van der Waals surface area contributed by atoms with Crippen molar-refractivity contribution < 1.29 is 8.42 Å². The van der Waals surface area contributed by atoms with Crippen molar-refractivity contribution in [1.82, 2.24) is 4.31 Å². The summed E-state index contributed by atoms with van der Waals surface area (Å²) >= 11 is 0. The van der Waals surface area contributed by atoms with Crippen LogP contribution in [0.1, 0.15) is 22.3 Å². The van der Waals surface area contributed by atoms with E-state index in [1.54, 1.807) is 48.5 Å². The minimum Gasteiger partial charge on any atom is -0.212 e. The number of hydrogen-bond acceptors (Lipinski definition) is 4. The Labute approximate surface area is 136 Å². The highest BCUT2D eigenvalue weighted by Crippen LogP contribution is 2.17. The molecule has 0 unspecified atom stereocenters. The summed E-state index contributed by atoms with van der Waals surface area (Å²) in [5.74, 6) is -0.248. The summed E-state index contributed by atoms with van der Waals surface area (Å²) in [5, 5.41) is 18.1. The summed E-state index contributed by atoms with van der Waals surface area (Å²) in [4.78, 5) is 0. The zero-order valence-electron chi connectivity index (χ0n) is 12.6. The molecule has 5 nitrogen and oxygen atoms in total. The van der Waals surface area contributed by atoms with Crippen molar-refractivity contribution in [3.05, 3.63) is 70.8 Å². The van der Waals surface area contributed by atoms with E-state index in [1.807, 2.05) is 6.07 Å². The average Bonchev–Trinajstić information content (AvgIpc) is 2.55. The van der Waals surface area contributed by atoms with Gasteiger partial charge in [0, 0.05) is 13.6 Å². The first-order valence-corrected chi connectivity index (χ1v) is 8.49. The topological polar surface area (TPSA) is 85.0 Å². The number of nitriles is 2. The van der Waals surface area contributed by atoms with Crippen LogP contribution >= 0.6 is 0 Å². The Kier molecular flexibility index (Phi) is 5.13. The van der Waals surface area contributed by atoms with Gasteiger partial charge in [0.05, 0.1) is 29.0 Å². The molecule has 2 rings (SSSR count). The Morgan fingerprint density at radius 2 is 1.39 bits per heavy atom. The lowest BCUT2D eigenvalue weighted by molar-refractivity contribution is 0.465. The monoisotopic (exact) mass is 325 g/mol. The molecule has 0 heterocycles. The van der Waals surface area contributed by atoms with E-state index in [-0.39, 0.29) is 12.3 Å². The fraction of sp³-hybridized carbons (Fsp3) is 0.176. The Balaban J connectivity index is 2.23. The Morgan fingerprint density at radius 3 is 1.96 bits per heavy atom. The lowest BCUT2D eigenvalue weighted by Crippen LogP contribution is -2.28. The molecule has 0 aromatic heterocycles. The van der Waals surface area contributed by atoms with E-state index in [4.69, 9.17) is 10.5 Å². The molecule has 0 fully saturated rings. The molecule has 0 saturated heterocycles. The van der Waals surface area contributed by atoms with Gasteiger partial charge in [0.15, 0.2) is 0 Å². The third-order valence-electron chi connectivity index (χ3n) is 3.48. The van der Waals surface area contributed by atoms with Gasteiger partial charge in [-0.05, 0) is 23.3 Å². The third-order valence-corrected chi connectivity index (χ3v) is 5.24. The molecule has 0 aliphatic rings. The summed E-state index contributed by atoms with van der Waals surface area (Å²) in [6.45, 7) is 0.112. The molecule has 6 heteroatoms. The molecule has 23 heavy (non-hydrogen) atoms. The molecule has 0 aliphatic carbocycles. The molecule has 0 bridgehead atoms. The summed E-state index contributed by atoms with van der Waals surface area (Å²) in [6.07, 6.45) is 0. The summed E-state index contributed by atoms with van der Waals surface area (Å²) in [7, 11) is -2.13. The molecular weight excluding hydrogens is 310 g/mol. The fourth-order valence-electron chi connectivity index (χ4n) is 2.17. The minimum absolute atomic E-state index is 0.112. The van der Waals surface area contributed by atoms with E-state index in [2.05, 4.69) is 6.07 Å². The van der Waals surface area contributed by atoms with Crippen LogP contribution < -0.4 is 0 Å². The lowest BCUT2D eigenvalue weighted by Gasteiger charge is -2.18. The van der Waals surface area contributed by atoms with E-state index >= 15 is 0 Å². The predicted molar refractivity (Wildman–Crippen MR) is 86.4 cm³/mol. The van der Waals surface area contributed by atoms with Crippen molar-refractivity contribution in [2.75, 3.05) is 7.05 Å². The lowest BCUT2D eigenvalue weighted by atomic mass is 10.1. The Morgan fingerprint density at radius 1 is 0.913 bits per heavy atom. The van der Waals surface area contributed by atoms with Gasteiger partial charge >= 0.3 is 0 Å². The van der Waals surface area contributed by atoms with E-state index in [9.17, 15) is 8.42 Å². The molecule has 0 spiro atoms. The number of benzene rings is 2. The molecule has 116 valence electrons. The van der Waals surface area contributed by atoms with Crippen molar-refractivity contribution in [3.63, 3.8) is 0 Å².